The van der Waals surface area contributed by atoms with Gasteiger partial charge in [-0.3, -0.25) is 25.2 Å². The first-order valence-electron chi connectivity index (χ1n) is 9.37. The molecule has 7 nitrogen and oxygen atoms in total. The van der Waals surface area contributed by atoms with Crippen LogP contribution >= 0.6 is 0 Å². The van der Waals surface area contributed by atoms with E-state index in [2.05, 4.69) is 10.9 Å². The highest BCUT2D eigenvalue weighted by Gasteiger charge is 2.28. The van der Waals surface area contributed by atoms with Crippen molar-refractivity contribution >= 4 is 23.8 Å². The number of carbonyl (C=O) groups is 3. The zero-order valence-corrected chi connectivity index (χ0v) is 15.2. The Balaban J connectivity index is 1.40. The Morgan fingerprint density at radius 3 is 2.37 bits per heavy atom. The SMILES string of the molecule is O=C(NNC(=O)C1CCCO1)C1CCN(C(=O)/C=C/c2ccccc2)CC1. The Morgan fingerprint density at radius 2 is 1.70 bits per heavy atom. The van der Waals surface area contributed by atoms with Crippen molar-refractivity contribution in [3.63, 3.8) is 0 Å². The van der Waals surface area contributed by atoms with Crippen LogP contribution in [0.2, 0.25) is 0 Å². The monoisotopic (exact) mass is 371 g/mol. The van der Waals surface area contributed by atoms with E-state index in [1.165, 1.54) is 0 Å². The number of benzene rings is 1. The Kier molecular flexibility index (Phi) is 6.59. The van der Waals surface area contributed by atoms with Crippen LogP contribution in [0.1, 0.15) is 31.2 Å². The van der Waals surface area contributed by atoms with Crippen molar-refractivity contribution in [3.05, 3.63) is 42.0 Å². The molecule has 144 valence electrons. The van der Waals surface area contributed by atoms with Gasteiger partial charge in [0.15, 0.2) is 0 Å². The van der Waals surface area contributed by atoms with Gasteiger partial charge in [0.2, 0.25) is 11.8 Å². The molecule has 2 heterocycles. The molecule has 27 heavy (non-hydrogen) atoms. The summed E-state index contributed by atoms with van der Waals surface area (Å²) in [5.74, 6) is -0.783. The number of hydrogen-bond donors (Lipinski definition) is 2. The molecule has 1 aromatic carbocycles. The summed E-state index contributed by atoms with van der Waals surface area (Å²) in [4.78, 5) is 38.1. The topological polar surface area (TPSA) is 87.7 Å². The Hall–Kier alpha value is -2.67. The van der Waals surface area contributed by atoms with E-state index >= 15 is 0 Å². The number of likely N-dealkylation sites (tertiary alicyclic amines) is 1. The number of hydrogen-bond acceptors (Lipinski definition) is 4. The molecule has 0 saturated carbocycles. The van der Waals surface area contributed by atoms with Crippen LogP contribution in [0.3, 0.4) is 0 Å². The molecular formula is C20H25N3O4. The highest BCUT2D eigenvalue weighted by Crippen LogP contribution is 2.18. The molecule has 0 radical (unpaired) electrons. The molecule has 1 unspecified atom stereocenters. The molecule has 0 spiro atoms. The minimum Gasteiger partial charge on any atom is -0.368 e. The van der Waals surface area contributed by atoms with Crippen LogP contribution in [0, 0.1) is 5.92 Å². The van der Waals surface area contributed by atoms with E-state index in [0.29, 0.717) is 39.0 Å². The van der Waals surface area contributed by atoms with Gasteiger partial charge in [-0.25, -0.2) is 0 Å². The van der Waals surface area contributed by atoms with Crippen molar-refractivity contribution in [2.24, 2.45) is 5.92 Å². The van der Waals surface area contributed by atoms with Crippen molar-refractivity contribution in [2.75, 3.05) is 19.7 Å². The summed E-state index contributed by atoms with van der Waals surface area (Å²) in [6, 6.07) is 9.65. The average Bonchev–Trinajstić information content (AvgIpc) is 3.26. The van der Waals surface area contributed by atoms with Gasteiger partial charge < -0.3 is 9.64 Å². The predicted molar refractivity (Wildman–Crippen MR) is 100 cm³/mol. The van der Waals surface area contributed by atoms with Crippen LogP contribution in [-0.4, -0.2) is 48.4 Å². The molecule has 3 amide bonds. The molecular weight excluding hydrogens is 346 g/mol. The smallest absolute Gasteiger partial charge is 0.267 e. The maximum Gasteiger partial charge on any atom is 0.267 e. The summed E-state index contributed by atoms with van der Waals surface area (Å²) >= 11 is 0. The molecule has 1 atom stereocenters. The fourth-order valence-corrected chi connectivity index (χ4v) is 3.29. The number of hydrazine groups is 1. The van der Waals surface area contributed by atoms with Crippen molar-refractivity contribution in [3.8, 4) is 0 Å². The molecule has 0 aliphatic carbocycles. The molecule has 2 N–H and O–H groups in total. The fraction of sp³-hybridized carbons (Fsp3) is 0.450. The van der Waals surface area contributed by atoms with Crippen molar-refractivity contribution < 1.29 is 19.1 Å². The summed E-state index contributed by atoms with van der Waals surface area (Å²) in [6.45, 7) is 1.63. The Labute approximate surface area is 158 Å². The number of carbonyl (C=O) groups excluding carboxylic acids is 3. The lowest BCUT2D eigenvalue weighted by Crippen LogP contribution is -2.50. The first kappa shape index (κ1) is 19.1. The van der Waals surface area contributed by atoms with E-state index < -0.39 is 6.10 Å². The van der Waals surface area contributed by atoms with Gasteiger partial charge in [-0.1, -0.05) is 30.3 Å². The van der Waals surface area contributed by atoms with Gasteiger partial charge >= 0.3 is 0 Å². The molecule has 2 aliphatic rings. The van der Waals surface area contributed by atoms with E-state index in [1.807, 2.05) is 30.3 Å². The van der Waals surface area contributed by atoms with Gasteiger partial charge in [-0.15, -0.1) is 0 Å². The average molecular weight is 371 g/mol. The zero-order chi connectivity index (χ0) is 19.1. The van der Waals surface area contributed by atoms with E-state index in [4.69, 9.17) is 4.74 Å². The van der Waals surface area contributed by atoms with E-state index in [1.54, 1.807) is 17.1 Å². The standard InChI is InChI=1S/C20H25N3O4/c24-18(9-8-15-5-2-1-3-6-15)23-12-10-16(11-13-23)19(25)21-22-20(26)17-7-4-14-27-17/h1-3,5-6,8-9,16-17H,4,7,10-14H2,(H,21,25)(H,22,26)/b9-8+. The Morgan fingerprint density at radius 1 is 1.00 bits per heavy atom. The van der Waals surface area contributed by atoms with Gasteiger partial charge in [-0.2, -0.15) is 0 Å². The molecule has 0 aromatic heterocycles. The summed E-state index contributed by atoms with van der Waals surface area (Å²) in [6.07, 6.45) is 5.58. The van der Waals surface area contributed by atoms with Gasteiger partial charge in [0.25, 0.3) is 5.91 Å². The number of nitrogens with one attached hydrogen (secondary N) is 2. The number of amides is 3. The van der Waals surface area contributed by atoms with E-state index in [0.717, 1.165) is 12.0 Å². The van der Waals surface area contributed by atoms with E-state index in [-0.39, 0.29) is 23.6 Å². The minimum absolute atomic E-state index is 0.0515. The predicted octanol–water partition coefficient (Wildman–Crippen LogP) is 1.26. The third-order valence-corrected chi connectivity index (χ3v) is 4.93. The van der Waals surface area contributed by atoms with Gasteiger partial charge in [-0.05, 0) is 37.3 Å². The van der Waals surface area contributed by atoms with Gasteiger partial charge in [0, 0.05) is 31.7 Å². The lowest BCUT2D eigenvalue weighted by atomic mass is 9.96. The summed E-state index contributed by atoms with van der Waals surface area (Å²) in [5.41, 5.74) is 5.90. The molecule has 7 heteroatoms. The van der Waals surface area contributed by atoms with Gasteiger partial charge in [0.1, 0.15) is 6.10 Å². The fourth-order valence-electron chi connectivity index (χ4n) is 3.29. The second-order valence-corrected chi connectivity index (χ2v) is 6.82. The van der Waals surface area contributed by atoms with Crippen LogP contribution in [0.5, 0.6) is 0 Å². The first-order chi connectivity index (χ1) is 13.1. The van der Waals surface area contributed by atoms with E-state index in [9.17, 15) is 14.4 Å². The molecule has 1 aromatic rings. The molecule has 2 aliphatic heterocycles. The first-order valence-corrected chi connectivity index (χ1v) is 9.37. The van der Waals surface area contributed by atoms with Crippen LogP contribution in [-0.2, 0) is 19.1 Å². The Bertz CT molecular complexity index is 690. The summed E-state index contributed by atoms with van der Waals surface area (Å²) < 4.78 is 5.27. The second-order valence-electron chi connectivity index (χ2n) is 6.82. The third kappa shape index (κ3) is 5.40. The van der Waals surface area contributed by atoms with Crippen LogP contribution in [0.4, 0.5) is 0 Å². The number of nitrogens with zero attached hydrogens (tertiary/aromatic N) is 1. The number of ether oxygens (including phenoxy) is 1. The van der Waals surface area contributed by atoms with Crippen molar-refractivity contribution in [1.82, 2.24) is 15.8 Å². The summed E-state index contributed by atoms with van der Waals surface area (Å²) in [5, 5.41) is 0. The largest absolute Gasteiger partial charge is 0.368 e. The second kappa shape index (κ2) is 9.32. The number of rotatable bonds is 4. The molecule has 0 bridgehead atoms. The third-order valence-electron chi connectivity index (χ3n) is 4.93. The lowest BCUT2D eigenvalue weighted by molar-refractivity contribution is -0.137. The zero-order valence-electron chi connectivity index (χ0n) is 15.2. The minimum atomic E-state index is -0.471. The van der Waals surface area contributed by atoms with Crippen molar-refractivity contribution in [1.29, 1.82) is 0 Å². The molecule has 2 saturated heterocycles. The maximum absolute atomic E-state index is 12.3. The lowest BCUT2D eigenvalue weighted by Gasteiger charge is -2.30. The molecule has 2 fully saturated rings. The van der Waals surface area contributed by atoms with Crippen LogP contribution in [0.15, 0.2) is 36.4 Å². The van der Waals surface area contributed by atoms with Crippen molar-refractivity contribution in [2.45, 2.75) is 31.8 Å². The van der Waals surface area contributed by atoms with Crippen LogP contribution in [0.25, 0.3) is 6.08 Å². The highest BCUT2D eigenvalue weighted by atomic mass is 16.5. The summed E-state index contributed by atoms with van der Waals surface area (Å²) in [7, 11) is 0. The number of piperidine rings is 1. The maximum atomic E-state index is 12.3. The van der Waals surface area contributed by atoms with Gasteiger partial charge in [0.05, 0.1) is 0 Å². The highest BCUT2D eigenvalue weighted by molar-refractivity contribution is 5.92. The normalized spacial score (nSPS) is 20.6. The van der Waals surface area contributed by atoms with Crippen LogP contribution < -0.4 is 10.9 Å². The molecule has 3 rings (SSSR count). The quantitative estimate of drug-likeness (QED) is 0.616.